The first-order valence-electron chi connectivity index (χ1n) is 7.15. The maximum atomic E-state index is 12.9. The number of benzene rings is 1. The molecule has 0 spiro atoms. The number of hydrogen-bond donors (Lipinski definition) is 2. The zero-order valence-corrected chi connectivity index (χ0v) is 14.4. The number of hydrazine groups is 1. The van der Waals surface area contributed by atoms with E-state index in [2.05, 4.69) is 0 Å². The minimum absolute atomic E-state index is 0.147. The Morgan fingerprint density at radius 3 is 2.46 bits per heavy atom. The number of rotatable bonds is 6. The first kappa shape index (κ1) is 20.2. The lowest BCUT2D eigenvalue weighted by molar-refractivity contribution is -0.139. The van der Waals surface area contributed by atoms with Crippen LogP contribution in [0.5, 0.6) is 0 Å². The molecule has 4 N–H and O–H groups in total. The number of esters is 1. The SMILES string of the molecule is CCOC(=O)/C(N)=C(\C)N(N)c1ccc(C(F)(F)F)cc1SCC. The number of nitrogens with zero attached hydrogens (tertiary/aromatic N) is 1. The molecule has 0 aliphatic carbocycles. The van der Waals surface area contributed by atoms with Crippen LogP contribution in [0, 0.1) is 0 Å². The summed E-state index contributed by atoms with van der Waals surface area (Å²) in [5.74, 6) is 5.78. The third-order valence-electron chi connectivity index (χ3n) is 3.09. The molecule has 0 aromatic heterocycles. The molecule has 0 bridgehead atoms. The van der Waals surface area contributed by atoms with Gasteiger partial charge in [-0.3, -0.25) is 5.01 Å². The summed E-state index contributed by atoms with van der Waals surface area (Å²) in [7, 11) is 0. The Morgan fingerprint density at radius 2 is 1.96 bits per heavy atom. The monoisotopic (exact) mass is 363 g/mol. The van der Waals surface area contributed by atoms with Gasteiger partial charge in [0.15, 0.2) is 0 Å². The zero-order valence-electron chi connectivity index (χ0n) is 13.6. The number of alkyl halides is 3. The van der Waals surface area contributed by atoms with Gasteiger partial charge in [0.25, 0.3) is 0 Å². The van der Waals surface area contributed by atoms with E-state index in [9.17, 15) is 18.0 Å². The Balaban J connectivity index is 3.29. The van der Waals surface area contributed by atoms with Gasteiger partial charge >= 0.3 is 12.1 Å². The summed E-state index contributed by atoms with van der Waals surface area (Å²) in [5.41, 5.74) is 5.24. The summed E-state index contributed by atoms with van der Waals surface area (Å²) in [6.07, 6.45) is -4.45. The molecular weight excluding hydrogens is 343 g/mol. The molecule has 1 aromatic carbocycles. The number of carbonyl (C=O) groups excluding carboxylic acids is 1. The van der Waals surface area contributed by atoms with E-state index in [-0.39, 0.29) is 18.0 Å². The van der Waals surface area contributed by atoms with Crippen LogP contribution < -0.4 is 16.6 Å². The molecule has 134 valence electrons. The number of hydrogen-bond acceptors (Lipinski definition) is 6. The van der Waals surface area contributed by atoms with Gasteiger partial charge in [0.05, 0.1) is 23.6 Å². The van der Waals surface area contributed by atoms with Crippen molar-refractivity contribution < 1.29 is 22.7 Å². The van der Waals surface area contributed by atoms with Crippen molar-refractivity contribution in [2.45, 2.75) is 31.8 Å². The lowest BCUT2D eigenvalue weighted by atomic mass is 10.2. The van der Waals surface area contributed by atoms with E-state index >= 15 is 0 Å². The van der Waals surface area contributed by atoms with E-state index < -0.39 is 17.7 Å². The number of nitrogens with two attached hydrogens (primary N) is 2. The highest BCUT2D eigenvalue weighted by molar-refractivity contribution is 7.99. The van der Waals surface area contributed by atoms with Crippen LogP contribution in [-0.2, 0) is 15.7 Å². The van der Waals surface area contributed by atoms with Crippen molar-refractivity contribution in [3.05, 3.63) is 35.2 Å². The molecule has 1 aromatic rings. The average molecular weight is 363 g/mol. The summed E-state index contributed by atoms with van der Waals surface area (Å²) < 4.78 is 43.4. The van der Waals surface area contributed by atoms with Crippen LogP contribution in [0.3, 0.4) is 0 Å². The summed E-state index contributed by atoms with van der Waals surface area (Å²) in [5, 5.41) is 1.09. The van der Waals surface area contributed by atoms with Gasteiger partial charge in [0.1, 0.15) is 5.70 Å². The normalized spacial score (nSPS) is 12.6. The van der Waals surface area contributed by atoms with Crippen LogP contribution in [0.4, 0.5) is 18.9 Å². The van der Waals surface area contributed by atoms with Gasteiger partial charge in [-0.05, 0) is 37.8 Å². The molecule has 0 unspecified atom stereocenters. The number of carbonyl (C=O) groups is 1. The predicted octanol–water partition coefficient (Wildman–Crippen LogP) is 3.25. The Hall–Kier alpha value is -1.87. The first-order chi connectivity index (χ1) is 11.1. The second-order valence-corrected chi connectivity index (χ2v) is 6.01. The molecule has 0 amide bonds. The van der Waals surface area contributed by atoms with Crippen molar-refractivity contribution in [3.63, 3.8) is 0 Å². The van der Waals surface area contributed by atoms with Crippen molar-refractivity contribution in [1.82, 2.24) is 0 Å². The minimum atomic E-state index is -4.45. The lowest BCUT2D eigenvalue weighted by Gasteiger charge is -2.24. The van der Waals surface area contributed by atoms with Crippen LogP contribution in [0.1, 0.15) is 26.3 Å². The molecule has 0 heterocycles. The van der Waals surface area contributed by atoms with Crippen LogP contribution in [-0.4, -0.2) is 18.3 Å². The van der Waals surface area contributed by atoms with E-state index in [1.54, 1.807) is 6.92 Å². The first-order valence-corrected chi connectivity index (χ1v) is 8.14. The number of allylic oxidation sites excluding steroid dienone is 1. The average Bonchev–Trinajstić information content (AvgIpc) is 2.52. The fourth-order valence-electron chi connectivity index (χ4n) is 1.83. The van der Waals surface area contributed by atoms with Crippen LogP contribution in [0.25, 0.3) is 0 Å². The number of ether oxygens (including phenoxy) is 1. The maximum Gasteiger partial charge on any atom is 0.416 e. The molecule has 0 atom stereocenters. The fourth-order valence-corrected chi connectivity index (χ4v) is 2.66. The molecule has 5 nitrogen and oxygen atoms in total. The number of anilines is 1. The maximum absolute atomic E-state index is 12.9. The Bertz CT molecular complexity index is 633. The number of thioether (sulfide) groups is 1. The van der Waals surface area contributed by atoms with E-state index in [1.807, 2.05) is 6.92 Å². The zero-order chi connectivity index (χ0) is 18.5. The summed E-state index contributed by atoms with van der Waals surface area (Å²) in [6.45, 7) is 5.08. The van der Waals surface area contributed by atoms with Crippen LogP contribution in [0.15, 0.2) is 34.5 Å². The molecule has 0 saturated carbocycles. The molecule has 9 heteroatoms. The van der Waals surface area contributed by atoms with Crippen molar-refractivity contribution in [1.29, 1.82) is 0 Å². The molecule has 0 radical (unpaired) electrons. The third-order valence-corrected chi connectivity index (χ3v) is 4.02. The second-order valence-electron chi connectivity index (χ2n) is 4.70. The third kappa shape index (κ3) is 4.81. The van der Waals surface area contributed by atoms with Gasteiger partial charge in [-0.15, -0.1) is 11.8 Å². The van der Waals surface area contributed by atoms with Gasteiger partial charge in [-0.25, -0.2) is 10.6 Å². The quantitative estimate of drug-likeness (QED) is 0.265. The molecule has 0 aliphatic rings. The molecule has 1 rings (SSSR count). The smallest absolute Gasteiger partial charge is 0.416 e. The van der Waals surface area contributed by atoms with Crippen LogP contribution >= 0.6 is 11.8 Å². The van der Waals surface area contributed by atoms with E-state index in [0.29, 0.717) is 16.3 Å². The summed E-state index contributed by atoms with van der Waals surface area (Å²) >= 11 is 1.21. The molecule has 24 heavy (non-hydrogen) atoms. The molecule has 0 saturated heterocycles. The standard InChI is InChI=1S/C15H20F3N3O2S/c1-4-23-14(22)13(19)9(3)21(20)11-7-6-10(15(16,17)18)8-12(11)24-5-2/h6-8H,4-5,19-20H2,1-3H3/b13-9-. The molecular formula is C15H20F3N3O2S. The van der Waals surface area contributed by atoms with Crippen LogP contribution in [0.2, 0.25) is 0 Å². The van der Waals surface area contributed by atoms with Gasteiger partial charge in [0.2, 0.25) is 0 Å². The minimum Gasteiger partial charge on any atom is -0.461 e. The van der Waals surface area contributed by atoms with Gasteiger partial charge in [-0.2, -0.15) is 13.2 Å². The molecule has 0 fully saturated rings. The Labute approximate surface area is 142 Å². The lowest BCUT2D eigenvalue weighted by Crippen LogP contribution is -2.33. The Kier molecular flexibility index (Phi) is 6.97. The predicted molar refractivity (Wildman–Crippen MR) is 88.0 cm³/mol. The topological polar surface area (TPSA) is 81.6 Å². The molecule has 0 aliphatic heterocycles. The van der Waals surface area contributed by atoms with E-state index in [0.717, 1.165) is 17.1 Å². The largest absolute Gasteiger partial charge is 0.461 e. The highest BCUT2D eigenvalue weighted by Gasteiger charge is 2.31. The number of halogens is 3. The highest BCUT2D eigenvalue weighted by Crippen LogP contribution is 2.37. The van der Waals surface area contributed by atoms with E-state index in [1.165, 1.54) is 24.8 Å². The van der Waals surface area contributed by atoms with Gasteiger partial charge in [0, 0.05) is 4.90 Å². The van der Waals surface area contributed by atoms with Crippen molar-refractivity contribution in [2.75, 3.05) is 17.4 Å². The highest BCUT2D eigenvalue weighted by atomic mass is 32.2. The van der Waals surface area contributed by atoms with Gasteiger partial charge in [-0.1, -0.05) is 6.92 Å². The summed E-state index contributed by atoms with van der Waals surface area (Å²) in [4.78, 5) is 12.0. The second kappa shape index (κ2) is 8.29. The van der Waals surface area contributed by atoms with Gasteiger partial charge < -0.3 is 10.5 Å². The Morgan fingerprint density at radius 1 is 1.33 bits per heavy atom. The van der Waals surface area contributed by atoms with Crippen molar-refractivity contribution in [2.24, 2.45) is 11.6 Å². The van der Waals surface area contributed by atoms with E-state index in [4.69, 9.17) is 16.3 Å². The fraction of sp³-hybridized carbons (Fsp3) is 0.400. The van der Waals surface area contributed by atoms with Crippen molar-refractivity contribution >= 4 is 23.4 Å². The van der Waals surface area contributed by atoms with Crippen molar-refractivity contribution in [3.8, 4) is 0 Å². The summed E-state index contributed by atoms with van der Waals surface area (Å²) in [6, 6.07) is 3.21.